The van der Waals surface area contributed by atoms with Crippen molar-refractivity contribution >= 4 is 66.2 Å². The predicted molar refractivity (Wildman–Crippen MR) is 173 cm³/mol. The third kappa shape index (κ3) is 9.60. The van der Waals surface area contributed by atoms with Crippen LogP contribution in [0.25, 0.3) is 0 Å². The van der Waals surface area contributed by atoms with Crippen molar-refractivity contribution in [2.75, 3.05) is 13.2 Å². The highest BCUT2D eigenvalue weighted by molar-refractivity contribution is 7.89. The summed E-state index contributed by atoms with van der Waals surface area (Å²) in [5.74, 6) is -0.492. The monoisotopic (exact) mass is 726 g/mol. The molecule has 2 atom stereocenters. The van der Waals surface area contributed by atoms with Crippen LogP contribution in [-0.4, -0.2) is 50.0 Å². The normalized spacial score (nSPS) is 17.0. The summed E-state index contributed by atoms with van der Waals surface area (Å²) in [5, 5.41) is 0.584. The zero-order valence-electron chi connectivity index (χ0n) is 23.8. The second kappa shape index (κ2) is 17.0. The molecule has 0 radical (unpaired) electrons. The minimum atomic E-state index is -3.96. The molecule has 2 fully saturated rings. The Kier molecular flexibility index (Phi) is 14.7. The van der Waals surface area contributed by atoms with E-state index < -0.39 is 34.7 Å². The minimum Gasteiger partial charge on any atom is -0.870 e. The number of halogens is 4. The van der Waals surface area contributed by atoms with E-state index in [1.54, 1.807) is 18.2 Å². The molecule has 2 aliphatic rings. The highest BCUT2D eigenvalue weighted by atomic mass is 35.5. The van der Waals surface area contributed by atoms with Crippen LogP contribution in [0.3, 0.4) is 0 Å². The minimum absolute atomic E-state index is 0. The molecule has 45 heavy (non-hydrogen) atoms. The van der Waals surface area contributed by atoms with Gasteiger partial charge in [0.2, 0.25) is 10.0 Å². The Bertz CT molecular complexity index is 1520. The van der Waals surface area contributed by atoms with Crippen LogP contribution in [-0.2, 0) is 26.0 Å². The highest BCUT2D eigenvalue weighted by Gasteiger charge is 2.41. The molecular weight excluding hydrogens is 693 g/mol. The van der Waals surface area contributed by atoms with E-state index in [0.717, 1.165) is 17.1 Å². The molecule has 2 aromatic carbocycles. The number of aromatic amines is 1. The summed E-state index contributed by atoms with van der Waals surface area (Å²) < 4.78 is 70.6. The lowest BCUT2D eigenvalue weighted by atomic mass is 10.0. The van der Waals surface area contributed by atoms with E-state index >= 15 is 0 Å². The van der Waals surface area contributed by atoms with Gasteiger partial charge in [0.1, 0.15) is 22.2 Å². The SMILES string of the molecule is O=C(O[C@@H](Cc1c(Cl)c[nH+]cc1Cl)c1ccc(OC(F)F)c(OCC2CC2)c1)[C@@H]1CCCN1S(=O)(=O)c1ccccc1.S.S.[OH-]. The predicted octanol–water partition coefficient (Wildman–Crippen LogP) is 5.93. The van der Waals surface area contributed by atoms with E-state index in [-0.39, 0.29) is 68.2 Å². The lowest BCUT2D eigenvalue weighted by Crippen LogP contribution is -2.41. The molecule has 0 spiro atoms. The maximum atomic E-state index is 13.6. The van der Waals surface area contributed by atoms with Crippen molar-refractivity contribution in [2.24, 2.45) is 5.92 Å². The summed E-state index contributed by atoms with van der Waals surface area (Å²) in [6.45, 7) is -2.58. The fourth-order valence-electron chi connectivity index (χ4n) is 4.82. The van der Waals surface area contributed by atoms with Gasteiger partial charge in [0, 0.05) is 18.5 Å². The summed E-state index contributed by atoms with van der Waals surface area (Å²) in [7, 11) is -3.96. The second-order valence-electron chi connectivity index (χ2n) is 10.2. The molecule has 2 heterocycles. The molecule has 1 aromatic heterocycles. The number of ether oxygens (including phenoxy) is 3. The second-order valence-corrected chi connectivity index (χ2v) is 12.9. The van der Waals surface area contributed by atoms with Gasteiger partial charge in [-0.2, -0.15) is 40.1 Å². The Hall–Kier alpha value is -2.33. The molecule has 1 aliphatic heterocycles. The molecule has 2 N–H and O–H groups in total. The van der Waals surface area contributed by atoms with Gasteiger partial charge in [-0.3, -0.25) is 4.79 Å². The Morgan fingerprint density at radius 3 is 2.29 bits per heavy atom. The Labute approximate surface area is 284 Å². The molecule has 1 aliphatic carbocycles. The van der Waals surface area contributed by atoms with Crippen molar-refractivity contribution in [3.8, 4) is 11.5 Å². The van der Waals surface area contributed by atoms with Gasteiger partial charge >= 0.3 is 12.6 Å². The van der Waals surface area contributed by atoms with Gasteiger partial charge in [-0.25, -0.2) is 13.4 Å². The number of benzene rings is 2. The quantitative estimate of drug-likeness (QED) is 0.212. The standard InChI is InChI=1S/C29H28Cl2F2N2O6S.H2O.2H2S/c30-22-15-34-16-23(31)21(22)14-26(19-10-11-25(41-29(32)33)27(13-19)39-17-18-8-9-18)40-28(36)24-7-4-12-35(24)42(37,38)20-5-2-1-3-6-20;;;/h1-3,5-6,10-11,13,15-16,18,24,26,29H,4,7-9,12,14,17H2;3*1H2/t24-,26-;;;/m0.../s1. The fraction of sp³-hybridized carbons (Fsp3) is 0.379. The number of sulfonamides is 1. The molecular formula is C29H34Cl2F2N2O7S3. The molecule has 16 heteroatoms. The molecule has 248 valence electrons. The number of alkyl halides is 2. The Morgan fingerprint density at radius 2 is 1.67 bits per heavy atom. The molecule has 0 bridgehead atoms. The number of nitrogens with zero attached hydrogens (tertiary/aromatic N) is 1. The Balaban J connectivity index is 0.00000235. The number of hydrogen-bond donors (Lipinski definition) is 0. The number of carbonyl (C=O) groups is 1. The average Bonchev–Trinajstić information content (AvgIpc) is 3.65. The lowest BCUT2D eigenvalue weighted by molar-refractivity contribution is -0.377. The van der Waals surface area contributed by atoms with Crippen LogP contribution in [0, 0.1) is 5.92 Å². The molecule has 3 aromatic rings. The number of hydrogen-bond acceptors (Lipinski definition) is 7. The van der Waals surface area contributed by atoms with E-state index in [0.29, 0.717) is 40.1 Å². The van der Waals surface area contributed by atoms with Crippen molar-refractivity contribution in [2.45, 2.75) is 55.8 Å². The van der Waals surface area contributed by atoms with E-state index in [2.05, 4.69) is 9.72 Å². The average molecular weight is 728 g/mol. The topological polar surface area (TPSA) is 126 Å². The summed E-state index contributed by atoms with van der Waals surface area (Å²) >= 11 is 12.8. The maximum Gasteiger partial charge on any atom is 0.387 e. The summed E-state index contributed by atoms with van der Waals surface area (Å²) in [6.07, 6.45) is 4.77. The van der Waals surface area contributed by atoms with E-state index in [1.807, 2.05) is 0 Å². The number of aromatic nitrogens is 1. The third-order valence-corrected chi connectivity index (χ3v) is 9.79. The first-order chi connectivity index (χ1) is 20.1. The van der Waals surface area contributed by atoms with E-state index in [1.165, 1.54) is 42.7 Å². The molecule has 1 saturated heterocycles. The molecule has 1 saturated carbocycles. The van der Waals surface area contributed by atoms with Crippen LogP contribution >= 0.6 is 50.2 Å². The van der Waals surface area contributed by atoms with Crippen LogP contribution in [0.4, 0.5) is 8.78 Å². The van der Waals surface area contributed by atoms with Crippen LogP contribution in [0.1, 0.15) is 42.9 Å². The first-order valence-electron chi connectivity index (χ1n) is 13.5. The summed E-state index contributed by atoms with van der Waals surface area (Å²) in [6, 6.07) is 11.1. The van der Waals surface area contributed by atoms with Crippen molar-refractivity contribution in [3.05, 3.63) is 82.1 Å². The van der Waals surface area contributed by atoms with Gasteiger partial charge in [-0.05, 0) is 61.4 Å². The largest absolute Gasteiger partial charge is 0.870 e. The number of carbonyl (C=O) groups excluding carboxylic acids is 1. The molecule has 0 amide bonds. The number of nitrogens with one attached hydrogen (secondary N) is 1. The maximum absolute atomic E-state index is 13.6. The third-order valence-electron chi connectivity index (χ3n) is 7.20. The highest BCUT2D eigenvalue weighted by Crippen LogP contribution is 2.38. The summed E-state index contributed by atoms with van der Waals surface area (Å²) in [4.78, 5) is 16.5. The van der Waals surface area contributed by atoms with Crippen LogP contribution in [0.5, 0.6) is 11.5 Å². The molecule has 9 nitrogen and oxygen atoms in total. The van der Waals surface area contributed by atoms with Gasteiger partial charge in [-0.1, -0.05) is 47.5 Å². The smallest absolute Gasteiger partial charge is 0.387 e. The fourth-order valence-corrected chi connectivity index (χ4v) is 7.02. The molecule has 0 unspecified atom stereocenters. The van der Waals surface area contributed by atoms with E-state index in [4.69, 9.17) is 32.7 Å². The van der Waals surface area contributed by atoms with Crippen LogP contribution in [0.15, 0.2) is 65.8 Å². The summed E-state index contributed by atoms with van der Waals surface area (Å²) in [5.41, 5.74) is 0.884. The molecule has 5 rings (SSSR count). The first-order valence-corrected chi connectivity index (χ1v) is 15.7. The number of rotatable bonds is 12. The van der Waals surface area contributed by atoms with Crippen molar-refractivity contribution in [3.63, 3.8) is 0 Å². The van der Waals surface area contributed by atoms with Gasteiger partial charge < -0.3 is 19.7 Å². The van der Waals surface area contributed by atoms with Crippen LogP contribution in [0.2, 0.25) is 10.0 Å². The number of pyridine rings is 1. The first kappa shape index (κ1) is 38.9. The van der Waals surface area contributed by atoms with E-state index in [9.17, 15) is 22.0 Å². The van der Waals surface area contributed by atoms with Gasteiger partial charge in [0.05, 0.1) is 11.5 Å². The lowest BCUT2D eigenvalue weighted by Gasteiger charge is -2.26. The zero-order chi connectivity index (χ0) is 29.9. The van der Waals surface area contributed by atoms with Gasteiger partial charge in [0.25, 0.3) is 0 Å². The van der Waals surface area contributed by atoms with Crippen LogP contribution < -0.4 is 14.5 Å². The Morgan fingerprint density at radius 1 is 1.00 bits per heavy atom. The van der Waals surface area contributed by atoms with Crippen molar-refractivity contribution < 1.29 is 46.7 Å². The number of esters is 1. The van der Waals surface area contributed by atoms with Gasteiger partial charge in [-0.15, -0.1) is 0 Å². The van der Waals surface area contributed by atoms with Gasteiger partial charge in [0.15, 0.2) is 23.9 Å². The number of H-pyrrole nitrogens is 1. The van der Waals surface area contributed by atoms with Crippen molar-refractivity contribution in [1.29, 1.82) is 0 Å². The zero-order valence-corrected chi connectivity index (χ0v) is 28.1. The van der Waals surface area contributed by atoms with Crippen molar-refractivity contribution in [1.82, 2.24) is 4.31 Å².